The Labute approximate surface area is 135 Å². The molecule has 114 valence electrons. The van der Waals surface area contributed by atoms with Crippen molar-refractivity contribution in [2.24, 2.45) is 0 Å². The molecule has 1 heterocycles. The molecule has 2 aromatic carbocycles. The number of nitrogens with one attached hydrogen (secondary N) is 1. The second-order valence-electron chi connectivity index (χ2n) is 5.75. The number of halogens is 1. The van der Waals surface area contributed by atoms with E-state index in [-0.39, 0.29) is 11.9 Å². The summed E-state index contributed by atoms with van der Waals surface area (Å²) in [6, 6.07) is 16.0. The van der Waals surface area contributed by atoms with Crippen molar-refractivity contribution in [3.63, 3.8) is 0 Å². The zero-order valence-corrected chi connectivity index (χ0v) is 13.5. The number of para-hydroxylation sites is 1. The predicted molar refractivity (Wildman–Crippen MR) is 91.5 cm³/mol. The van der Waals surface area contributed by atoms with Crippen LogP contribution in [0.1, 0.15) is 31.9 Å². The molecule has 1 aliphatic rings. The highest BCUT2D eigenvalue weighted by atomic mass is 35.5. The maximum atomic E-state index is 12.3. The van der Waals surface area contributed by atoms with Crippen molar-refractivity contribution in [2.75, 3.05) is 10.2 Å². The van der Waals surface area contributed by atoms with Crippen LogP contribution in [0, 0.1) is 0 Å². The third-order valence-electron chi connectivity index (χ3n) is 4.05. The van der Waals surface area contributed by atoms with Crippen molar-refractivity contribution < 1.29 is 4.79 Å². The smallest absolute Gasteiger partial charge is 0.224 e. The minimum Gasteiger partial charge on any atom is -0.382 e. The highest BCUT2D eigenvalue weighted by Crippen LogP contribution is 2.39. The van der Waals surface area contributed by atoms with E-state index in [4.69, 9.17) is 11.6 Å². The van der Waals surface area contributed by atoms with Crippen LogP contribution in [0.25, 0.3) is 0 Å². The van der Waals surface area contributed by atoms with Crippen LogP contribution in [-0.4, -0.2) is 11.9 Å². The number of fused-ring (bicyclic) bond motifs is 1. The molecule has 2 atom stereocenters. The van der Waals surface area contributed by atoms with Crippen LogP contribution in [0.4, 0.5) is 11.4 Å². The molecule has 2 aromatic rings. The molecule has 1 N–H and O–H groups in total. The summed E-state index contributed by atoms with van der Waals surface area (Å²) in [4.78, 5) is 14.2. The summed E-state index contributed by atoms with van der Waals surface area (Å²) in [6.45, 7) is 3.76. The van der Waals surface area contributed by atoms with Gasteiger partial charge in [0.25, 0.3) is 0 Å². The molecule has 3 rings (SSSR count). The van der Waals surface area contributed by atoms with Crippen LogP contribution >= 0.6 is 11.6 Å². The lowest BCUT2D eigenvalue weighted by Gasteiger charge is -2.38. The van der Waals surface area contributed by atoms with Crippen molar-refractivity contribution in [3.8, 4) is 0 Å². The number of hydrogen-bond donors (Lipinski definition) is 1. The minimum atomic E-state index is 0.0334. The Bertz CT molecular complexity index is 684. The van der Waals surface area contributed by atoms with Gasteiger partial charge in [0.15, 0.2) is 0 Å². The molecule has 22 heavy (non-hydrogen) atoms. The lowest BCUT2D eigenvalue weighted by atomic mass is 9.92. The van der Waals surface area contributed by atoms with E-state index >= 15 is 0 Å². The molecule has 0 aromatic heterocycles. The van der Waals surface area contributed by atoms with Crippen molar-refractivity contribution in [1.29, 1.82) is 0 Å². The van der Waals surface area contributed by atoms with Gasteiger partial charge < -0.3 is 10.2 Å². The monoisotopic (exact) mass is 314 g/mol. The highest BCUT2D eigenvalue weighted by molar-refractivity contribution is 6.30. The van der Waals surface area contributed by atoms with Crippen LogP contribution in [0.2, 0.25) is 5.02 Å². The Morgan fingerprint density at radius 2 is 1.86 bits per heavy atom. The van der Waals surface area contributed by atoms with Crippen LogP contribution < -0.4 is 10.2 Å². The summed E-state index contributed by atoms with van der Waals surface area (Å²) >= 11 is 5.97. The SMILES string of the molecule is CC(=O)N(c1ccc(Cl)cc1)C1CC(C)Nc2ccccc21. The molecule has 0 saturated heterocycles. The zero-order chi connectivity index (χ0) is 15.7. The van der Waals surface area contributed by atoms with Crippen molar-refractivity contribution in [1.82, 2.24) is 0 Å². The van der Waals surface area contributed by atoms with Gasteiger partial charge in [0.1, 0.15) is 0 Å². The first-order valence-corrected chi connectivity index (χ1v) is 7.85. The standard InChI is InChI=1S/C18H19ClN2O/c1-12-11-18(16-5-3-4-6-17(16)20-12)21(13(2)22)15-9-7-14(19)8-10-15/h3-10,12,18,20H,11H2,1-2H3. The number of amides is 1. The maximum absolute atomic E-state index is 12.3. The van der Waals surface area contributed by atoms with Crippen molar-refractivity contribution in [3.05, 3.63) is 59.1 Å². The third kappa shape index (κ3) is 2.81. The normalized spacial score (nSPS) is 20.0. The van der Waals surface area contributed by atoms with E-state index in [1.54, 1.807) is 6.92 Å². The van der Waals surface area contributed by atoms with Crippen molar-refractivity contribution in [2.45, 2.75) is 32.4 Å². The molecule has 0 bridgehead atoms. The summed E-state index contributed by atoms with van der Waals surface area (Å²) in [5, 5.41) is 4.16. The molecule has 4 heteroatoms. The fraction of sp³-hybridized carbons (Fsp3) is 0.278. The van der Waals surface area contributed by atoms with Crippen molar-refractivity contribution >= 4 is 28.9 Å². The van der Waals surface area contributed by atoms with Gasteiger partial charge in [-0.3, -0.25) is 4.79 Å². The number of nitrogens with zero attached hydrogens (tertiary/aromatic N) is 1. The molecule has 0 radical (unpaired) electrons. The molecule has 1 amide bonds. The zero-order valence-electron chi connectivity index (χ0n) is 12.7. The second kappa shape index (κ2) is 6.01. The largest absolute Gasteiger partial charge is 0.382 e. The first-order chi connectivity index (χ1) is 10.6. The number of rotatable bonds is 2. The van der Waals surface area contributed by atoms with Crippen LogP contribution in [0.5, 0.6) is 0 Å². The first kappa shape index (κ1) is 14.9. The van der Waals surface area contributed by atoms with E-state index in [9.17, 15) is 4.79 Å². The Morgan fingerprint density at radius 1 is 1.18 bits per heavy atom. The average Bonchev–Trinajstić information content (AvgIpc) is 2.49. The Morgan fingerprint density at radius 3 is 2.55 bits per heavy atom. The number of hydrogen-bond acceptors (Lipinski definition) is 2. The van der Waals surface area contributed by atoms with E-state index in [1.807, 2.05) is 41.3 Å². The van der Waals surface area contributed by atoms with E-state index < -0.39 is 0 Å². The molecule has 3 nitrogen and oxygen atoms in total. The fourth-order valence-electron chi connectivity index (χ4n) is 3.13. The van der Waals surface area contributed by atoms with E-state index in [0.717, 1.165) is 23.4 Å². The molecule has 0 spiro atoms. The number of carbonyl (C=O) groups is 1. The Kier molecular flexibility index (Phi) is 4.08. The first-order valence-electron chi connectivity index (χ1n) is 7.47. The quantitative estimate of drug-likeness (QED) is 0.876. The number of anilines is 2. The lowest BCUT2D eigenvalue weighted by Crippen LogP contribution is -2.39. The average molecular weight is 315 g/mol. The van der Waals surface area contributed by atoms with E-state index in [0.29, 0.717) is 11.1 Å². The van der Waals surface area contributed by atoms with Gasteiger partial charge in [0.05, 0.1) is 6.04 Å². The highest BCUT2D eigenvalue weighted by Gasteiger charge is 2.31. The van der Waals surface area contributed by atoms with Gasteiger partial charge in [-0.05, 0) is 49.2 Å². The summed E-state index contributed by atoms with van der Waals surface area (Å²) < 4.78 is 0. The summed E-state index contributed by atoms with van der Waals surface area (Å²) in [5.41, 5.74) is 3.14. The summed E-state index contributed by atoms with van der Waals surface area (Å²) in [7, 11) is 0. The lowest BCUT2D eigenvalue weighted by molar-refractivity contribution is -0.117. The van der Waals surface area contributed by atoms with Crippen LogP contribution in [0.3, 0.4) is 0 Å². The predicted octanol–water partition coefficient (Wildman–Crippen LogP) is 4.64. The van der Waals surface area contributed by atoms with E-state index in [2.05, 4.69) is 24.4 Å². The fourth-order valence-corrected chi connectivity index (χ4v) is 3.26. The van der Waals surface area contributed by atoms with Gasteiger partial charge in [0.2, 0.25) is 5.91 Å². The molecule has 0 aliphatic carbocycles. The van der Waals surface area contributed by atoms with Crippen LogP contribution in [-0.2, 0) is 4.79 Å². The van der Waals surface area contributed by atoms with Gasteiger partial charge in [-0.1, -0.05) is 29.8 Å². The topological polar surface area (TPSA) is 32.3 Å². The number of benzene rings is 2. The molecule has 1 aliphatic heterocycles. The van der Waals surface area contributed by atoms with Gasteiger partial charge >= 0.3 is 0 Å². The maximum Gasteiger partial charge on any atom is 0.224 e. The molecule has 2 unspecified atom stereocenters. The van der Waals surface area contributed by atoms with Gasteiger partial charge in [-0.25, -0.2) is 0 Å². The number of carbonyl (C=O) groups excluding carboxylic acids is 1. The van der Waals surface area contributed by atoms with Gasteiger partial charge in [-0.2, -0.15) is 0 Å². The van der Waals surface area contributed by atoms with Crippen LogP contribution in [0.15, 0.2) is 48.5 Å². The van der Waals surface area contributed by atoms with Gasteiger partial charge in [-0.15, -0.1) is 0 Å². The molecule has 0 saturated carbocycles. The molecular formula is C18H19ClN2O. The van der Waals surface area contributed by atoms with E-state index in [1.165, 1.54) is 0 Å². The second-order valence-corrected chi connectivity index (χ2v) is 6.19. The minimum absolute atomic E-state index is 0.0334. The third-order valence-corrected chi connectivity index (χ3v) is 4.31. The Hall–Kier alpha value is -2.00. The summed E-state index contributed by atoms with van der Waals surface area (Å²) in [6.07, 6.45) is 0.874. The van der Waals surface area contributed by atoms with Gasteiger partial charge in [0, 0.05) is 29.4 Å². The summed E-state index contributed by atoms with van der Waals surface area (Å²) in [5.74, 6) is 0.0382. The Balaban J connectivity index is 2.05. The molecular weight excluding hydrogens is 296 g/mol. The molecule has 0 fully saturated rings.